The minimum Gasteiger partial charge on any atom is -0.481 e. The lowest BCUT2D eigenvalue weighted by molar-refractivity contribution is -0.138. The van der Waals surface area contributed by atoms with Gasteiger partial charge in [0.1, 0.15) is 0 Å². The van der Waals surface area contributed by atoms with Crippen molar-refractivity contribution in [2.24, 2.45) is 0 Å². The van der Waals surface area contributed by atoms with Crippen molar-refractivity contribution in [2.45, 2.75) is 32.4 Å². The Kier molecular flexibility index (Phi) is 5.51. The maximum Gasteiger partial charge on any atom is 0.319 e. The third-order valence-corrected chi connectivity index (χ3v) is 2.46. The van der Waals surface area contributed by atoms with Gasteiger partial charge in [0.05, 0.1) is 31.5 Å². The molecule has 0 aromatic carbocycles. The third kappa shape index (κ3) is 5.70. The molecule has 0 radical (unpaired) electrons. The molecule has 0 fully saturated rings. The number of aromatic nitrogens is 2. The lowest BCUT2D eigenvalue weighted by Crippen LogP contribution is -2.46. The van der Waals surface area contributed by atoms with Gasteiger partial charge in [-0.3, -0.25) is 9.48 Å². The van der Waals surface area contributed by atoms with Crippen LogP contribution in [0.5, 0.6) is 0 Å². The molecule has 3 N–H and O–H groups in total. The summed E-state index contributed by atoms with van der Waals surface area (Å²) in [7, 11) is 1.60. The van der Waals surface area contributed by atoms with Gasteiger partial charge in [-0.1, -0.05) is 0 Å². The van der Waals surface area contributed by atoms with Crippen LogP contribution in [0.25, 0.3) is 0 Å². The number of ether oxygens (including phenoxy) is 1. The highest BCUT2D eigenvalue weighted by atomic mass is 16.5. The molecule has 0 aliphatic carbocycles. The predicted octanol–water partition coefficient (Wildman–Crippen LogP) is 0.904. The first-order valence-corrected chi connectivity index (χ1v) is 6.15. The van der Waals surface area contributed by atoms with Crippen molar-refractivity contribution in [1.82, 2.24) is 15.1 Å². The quantitative estimate of drug-likeness (QED) is 0.690. The van der Waals surface area contributed by atoms with Crippen molar-refractivity contribution in [1.29, 1.82) is 0 Å². The highest BCUT2D eigenvalue weighted by Gasteiger charge is 2.23. The fourth-order valence-corrected chi connectivity index (χ4v) is 1.63. The van der Waals surface area contributed by atoms with Crippen LogP contribution >= 0.6 is 0 Å². The molecule has 1 aromatic heterocycles. The van der Waals surface area contributed by atoms with E-state index in [4.69, 9.17) is 9.84 Å². The Hall–Kier alpha value is -2.09. The maximum atomic E-state index is 11.8. The number of carbonyl (C=O) groups is 2. The minimum absolute atomic E-state index is 0.159. The lowest BCUT2D eigenvalue weighted by Gasteiger charge is -2.24. The van der Waals surface area contributed by atoms with E-state index in [1.54, 1.807) is 31.8 Å². The highest BCUT2D eigenvalue weighted by Crippen LogP contribution is 2.10. The summed E-state index contributed by atoms with van der Waals surface area (Å²) in [5.41, 5.74) is -0.299. The lowest BCUT2D eigenvalue weighted by atomic mass is 10.0. The Balaban J connectivity index is 2.49. The molecule has 0 unspecified atom stereocenters. The molecule has 8 heteroatoms. The summed E-state index contributed by atoms with van der Waals surface area (Å²) in [6.07, 6.45) is 3.02. The molecule has 112 valence electrons. The van der Waals surface area contributed by atoms with Crippen LogP contribution in [0.3, 0.4) is 0 Å². The van der Waals surface area contributed by atoms with Gasteiger partial charge in [-0.25, -0.2) is 4.79 Å². The number of carboxylic acids is 1. The van der Waals surface area contributed by atoms with Gasteiger partial charge in [0.15, 0.2) is 0 Å². The molecule has 0 bridgehead atoms. The number of urea groups is 1. The van der Waals surface area contributed by atoms with E-state index in [9.17, 15) is 9.59 Å². The smallest absolute Gasteiger partial charge is 0.319 e. The van der Waals surface area contributed by atoms with Crippen molar-refractivity contribution in [2.75, 3.05) is 19.0 Å². The van der Waals surface area contributed by atoms with Crippen molar-refractivity contribution in [3.05, 3.63) is 12.4 Å². The summed E-state index contributed by atoms with van der Waals surface area (Å²) < 4.78 is 6.56. The SMILES string of the molecule is COCCn1cc(NC(=O)NC(C)(C)CC(=O)O)cn1. The summed E-state index contributed by atoms with van der Waals surface area (Å²) in [5.74, 6) is -0.970. The van der Waals surface area contributed by atoms with E-state index < -0.39 is 17.5 Å². The first-order valence-electron chi connectivity index (χ1n) is 6.15. The summed E-state index contributed by atoms with van der Waals surface area (Å²) in [5, 5.41) is 18.0. The van der Waals surface area contributed by atoms with E-state index in [0.717, 1.165) is 0 Å². The molecule has 0 saturated carbocycles. The Morgan fingerprint density at radius 2 is 2.20 bits per heavy atom. The van der Waals surface area contributed by atoms with Crippen molar-refractivity contribution >= 4 is 17.7 Å². The standard InChI is InChI=1S/C12H20N4O4/c1-12(2,6-10(17)18)15-11(19)14-9-7-13-16(8-9)4-5-20-3/h7-8H,4-6H2,1-3H3,(H,17,18)(H2,14,15,19). The molecular weight excluding hydrogens is 264 g/mol. The fraction of sp³-hybridized carbons (Fsp3) is 0.583. The molecule has 2 amide bonds. The minimum atomic E-state index is -0.970. The maximum absolute atomic E-state index is 11.8. The number of anilines is 1. The van der Waals surface area contributed by atoms with Crippen LogP contribution in [0.4, 0.5) is 10.5 Å². The first kappa shape index (κ1) is 16.0. The molecule has 0 aliphatic rings. The Bertz CT molecular complexity index is 470. The zero-order valence-corrected chi connectivity index (χ0v) is 11.8. The van der Waals surface area contributed by atoms with Crippen molar-refractivity contribution < 1.29 is 19.4 Å². The molecule has 1 heterocycles. The number of methoxy groups -OCH3 is 1. The van der Waals surface area contributed by atoms with Gasteiger partial charge in [0.2, 0.25) is 0 Å². The number of carboxylic acid groups (broad SMARTS) is 1. The van der Waals surface area contributed by atoms with Crippen molar-refractivity contribution in [3.63, 3.8) is 0 Å². The number of nitrogens with one attached hydrogen (secondary N) is 2. The van der Waals surface area contributed by atoms with Crippen LogP contribution < -0.4 is 10.6 Å². The number of nitrogens with zero attached hydrogens (tertiary/aromatic N) is 2. The second-order valence-electron chi connectivity index (χ2n) is 5.02. The van der Waals surface area contributed by atoms with Gasteiger partial charge < -0.3 is 20.5 Å². The summed E-state index contributed by atoms with van der Waals surface area (Å²) in [6, 6.07) is -0.470. The van der Waals surface area contributed by atoms with Crippen LogP contribution in [-0.2, 0) is 16.1 Å². The molecule has 20 heavy (non-hydrogen) atoms. The molecule has 0 aliphatic heterocycles. The van der Waals surface area contributed by atoms with E-state index >= 15 is 0 Å². The fourth-order valence-electron chi connectivity index (χ4n) is 1.63. The molecule has 0 spiro atoms. The highest BCUT2D eigenvalue weighted by molar-refractivity contribution is 5.89. The van der Waals surface area contributed by atoms with Crippen LogP contribution in [0, 0.1) is 0 Å². The van der Waals surface area contributed by atoms with Gasteiger partial charge >= 0.3 is 12.0 Å². The number of hydrogen-bond donors (Lipinski definition) is 3. The largest absolute Gasteiger partial charge is 0.481 e. The van der Waals surface area contributed by atoms with Crippen LogP contribution in [0.15, 0.2) is 12.4 Å². The van der Waals surface area contributed by atoms with E-state index in [2.05, 4.69) is 15.7 Å². The van der Waals surface area contributed by atoms with Gasteiger partial charge in [0.25, 0.3) is 0 Å². The summed E-state index contributed by atoms with van der Waals surface area (Å²) in [4.78, 5) is 22.4. The topological polar surface area (TPSA) is 105 Å². The predicted molar refractivity (Wildman–Crippen MR) is 72.6 cm³/mol. The van der Waals surface area contributed by atoms with Gasteiger partial charge in [-0.2, -0.15) is 5.10 Å². The number of carbonyl (C=O) groups excluding carboxylic acids is 1. The number of rotatable bonds is 7. The average Bonchev–Trinajstić information content (AvgIpc) is 2.70. The van der Waals surface area contributed by atoms with Gasteiger partial charge in [-0.15, -0.1) is 0 Å². The van der Waals surface area contributed by atoms with E-state index in [-0.39, 0.29) is 6.42 Å². The van der Waals surface area contributed by atoms with Gasteiger partial charge in [0, 0.05) is 18.8 Å². The number of amides is 2. The Morgan fingerprint density at radius 3 is 2.80 bits per heavy atom. The van der Waals surface area contributed by atoms with Crippen molar-refractivity contribution in [3.8, 4) is 0 Å². The number of hydrogen-bond acceptors (Lipinski definition) is 4. The second-order valence-corrected chi connectivity index (χ2v) is 5.02. The number of aliphatic carboxylic acids is 1. The normalized spacial score (nSPS) is 11.2. The second kappa shape index (κ2) is 6.90. The van der Waals surface area contributed by atoms with Crippen LogP contribution in [0.1, 0.15) is 20.3 Å². The molecular formula is C12H20N4O4. The molecule has 0 atom stereocenters. The summed E-state index contributed by atoms with van der Waals surface area (Å²) >= 11 is 0. The Morgan fingerprint density at radius 1 is 1.50 bits per heavy atom. The molecule has 1 rings (SSSR count). The van der Waals surface area contributed by atoms with Crippen LogP contribution in [-0.4, -0.2) is 46.1 Å². The third-order valence-electron chi connectivity index (χ3n) is 2.46. The first-order chi connectivity index (χ1) is 9.32. The molecule has 0 saturated heterocycles. The Labute approximate surface area is 117 Å². The van der Waals surface area contributed by atoms with E-state index in [0.29, 0.717) is 18.8 Å². The summed E-state index contributed by atoms with van der Waals surface area (Å²) in [6.45, 7) is 4.40. The zero-order chi connectivity index (χ0) is 15.2. The van der Waals surface area contributed by atoms with Gasteiger partial charge in [-0.05, 0) is 13.8 Å². The monoisotopic (exact) mass is 284 g/mol. The molecule has 8 nitrogen and oxygen atoms in total. The average molecular weight is 284 g/mol. The van der Waals surface area contributed by atoms with E-state index in [1.165, 1.54) is 6.20 Å². The molecule has 1 aromatic rings. The zero-order valence-electron chi connectivity index (χ0n) is 11.8. The van der Waals surface area contributed by atoms with E-state index in [1.807, 2.05) is 0 Å². The van der Waals surface area contributed by atoms with Crippen LogP contribution in [0.2, 0.25) is 0 Å².